The lowest BCUT2D eigenvalue weighted by molar-refractivity contribution is -0.633. The molecule has 86 heavy (non-hydrogen) atoms. The van der Waals surface area contributed by atoms with E-state index in [9.17, 15) is 0 Å². The van der Waals surface area contributed by atoms with Crippen molar-refractivity contribution in [3.05, 3.63) is 301 Å². The fraction of sp³-hybridized carbons (Fsp3) is 0.100. The van der Waals surface area contributed by atoms with Gasteiger partial charge in [-0.05, 0) is 202 Å². The zero-order chi connectivity index (χ0) is 58.0. The van der Waals surface area contributed by atoms with Gasteiger partial charge in [0.15, 0.2) is 22.1 Å². The topological polar surface area (TPSA) is 24.1 Å². The van der Waals surface area contributed by atoms with Gasteiger partial charge in [-0.25, -0.2) is 9.13 Å². The largest absolute Gasteiger partial charge is 0.310 e. The van der Waals surface area contributed by atoms with Crippen molar-refractivity contribution in [2.45, 2.75) is 38.5 Å². The maximum atomic E-state index is 2.56. The number of hydrogen-bond donors (Lipinski definition) is 0. The molecule has 0 N–H and O–H groups in total. The summed E-state index contributed by atoms with van der Waals surface area (Å²) in [6.45, 7) is 9.72. The van der Waals surface area contributed by atoms with E-state index < -0.39 is 0 Å². The average Bonchev–Trinajstić information content (AvgIpc) is 1.64. The molecule has 0 aliphatic heterocycles. The number of imidazole rings is 2. The van der Waals surface area contributed by atoms with Crippen molar-refractivity contribution in [3.8, 4) is 56.4 Å². The minimum Gasteiger partial charge on any atom is -0.310 e. The van der Waals surface area contributed by atoms with Crippen molar-refractivity contribution in [3.63, 3.8) is 0 Å². The van der Waals surface area contributed by atoms with E-state index in [0.29, 0.717) is 0 Å². The van der Waals surface area contributed by atoms with Crippen LogP contribution in [0.4, 0.5) is 34.1 Å². The molecule has 14 aromatic rings. The zero-order valence-corrected chi connectivity index (χ0v) is 49.2. The van der Waals surface area contributed by atoms with Crippen molar-refractivity contribution in [2.24, 2.45) is 14.1 Å². The van der Waals surface area contributed by atoms with Gasteiger partial charge in [-0.3, -0.25) is 0 Å². The molecular weight excluding hydrogens is 1040 g/mol. The first-order chi connectivity index (χ1) is 42.0. The van der Waals surface area contributed by atoms with Crippen molar-refractivity contribution < 1.29 is 9.13 Å². The highest BCUT2D eigenvalue weighted by atomic mass is 15.2. The van der Waals surface area contributed by atoms with Crippen molar-refractivity contribution in [1.82, 2.24) is 9.13 Å². The van der Waals surface area contributed by atoms with Gasteiger partial charge in [0.05, 0.1) is 30.9 Å². The Morgan fingerprint density at radius 1 is 0.314 bits per heavy atom. The van der Waals surface area contributed by atoms with Gasteiger partial charge in [0.2, 0.25) is 0 Å². The maximum Gasteiger partial charge on any atom is 0.294 e. The molecule has 0 amide bonds. The maximum absolute atomic E-state index is 2.56. The van der Waals surface area contributed by atoms with E-state index in [0.717, 1.165) is 73.6 Å². The van der Waals surface area contributed by atoms with Gasteiger partial charge < -0.3 is 9.80 Å². The van der Waals surface area contributed by atoms with Crippen LogP contribution < -0.4 is 18.9 Å². The number of hydrogen-bond acceptors (Lipinski definition) is 2. The summed E-state index contributed by atoms with van der Waals surface area (Å²) in [5.74, 6) is 2.23. The molecule has 16 rings (SSSR count). The van der Waals surface area contributed by atoms with Gasteiger partial charge in [0.25, 0.3) is 11.6 Å². The fourth-order valence-corrected chi connectivity index (χ4v) is 14.6. The molecule has 0 saturated heterocycles. The monoisotopic (exact) mass is 1110 g/mol. The average molecular weight is 1110 g/mol. The van der Waals surface area contributed by atoms with Crippen molar-refractivity contribution in [2.75, 3.05) is 9.80 Å². The van der Waals surface area contributed by atoms with Gasteiger partial charge in [0, 0.05) is 44.7 Å². The summed E-state index contributed by atoms with van der Waals surface area (Å²) in [6.07, 6.45) is 0. The molecule has 0 bridgehead atoms. The molecule has 0 radical (unpaired) electrons. The Kier molecular flexibility index (Phi) is 11.6. The molecule has 0 atom stereocenters. The first-order valence-electron chi connectivity index (χ1n) is 30.0. The van der Waals surface area contributed by atoms with E-state index in [2.05, 4.69) is 349 Å². The van der Waals surface area contributed by atoms with Crippen LogP contribution in [0.5, 0.6) is 0 Å². The minimum absolute atomic E-state index is 0.279. The molecule has 2 heterocycles. The van der Waals surface area contributed by atoms with E-state index in [1.165, 1.54) is 72.0 Å². The number of anilines is 6. The highest BCUT2D eigenvalue weighted by molar-refractivity contribution is 6.10. The summed E-state index contributed by atoms with van der Waals surface area (Å²) in [6, 6.07) is 103. The van der Waals surface area contributed by atoms with Gasteiger partial charge in [-0.2, -0.15) is 9.13 Å². The Labute approximate surface area is 502 Å². The Balaban J connectivity index is 0.834. The van der Waals surface area contributed by atoms with Crippen LogP contribution in [0, 0.1) is 0 Å². The number of aryl methyl sites for hydroxylation is 2. The summed E-state index contributed by atoms with van der Waals surface area (Å²) >= 11 is 0. The number of benzene rings is 12. The lowest BCUT2D eigenvalue weighted by atomic mass is 9.79. The molecule has 2 aliphatic rings. The van der Waals surface area contributed by atoms with Crippen LogP contribution in [0.1, 0.15) is 49.9 Å². The smallest absolute Gasteiger partial charge is 0.294 e. The lowest BCUT2D eigenvalue weighted by Crippen LogP contribution is -2.30. The second-order valence-corrected chi connectivity index (χ2v) is 24.3. The molecule has 12 aromatic carbocycles. The first kappa shape index (κ1) is 51.1. The molecule has 2 aromatic heterocycles. The predicted octanol–water partition coefficient (Wildman–Crippen LogP) is 19.3. The number of rotatable bonds is 10. The predicted molar refractivity (Wildman–Crippen MR) is 355 cm³/mol. The van der Waals surface area contributed by atoms with Crippen molar-refractivity contribution in [1.29, 1.82) is 0 Å². The molecule has 2 aliphatic carbocycles. The van der Waals surface area contributed by atoms with Crippen LogP contribution in [0.25, 0.3) is 89.2 Å². The number of fused-ring (bicyclic) bond motifs is 10. The molecule has 0 fully saturated rings. The van der Waals surface area contributed by atoms with Gasteiger partial charge in [0.1, 0.15) is 11.4 Å². The first-order valence-corrected chi connectivity index (χ1v) is 30.0. The normalized spacial score (nSPS) is 13.4. The Morgan fingerprint density at radius 3 is 1.23 bits per heavy atom. The second kappa shape index (κ2) is 19.5. The Bertz CT molecular complexity index is 4770. The summed E-state index contributed by atoms with van der Waals surface area (Å²) in [5, 5.41) is 2.51. The molecule has 0 spiro atoms. The molecule has 6 nitrogen and oxygen atoms in total. The van der Waals surface area contributed by atoms with Crippen molar-refractivity contribution >= 4 is 67.0 Å². The zero-order valence-electron chi connectivity index (χ0n) is 49.2. The third-order valence-electron chi connectivity index (χ3n) is 18.8. The van der Waals surface area contributed by atoms with E-state index in [4.69, 9.17) is 0 Å². The van der Waals surface area contributed by atoms with Crippen LogP contribution in [0.15, 0.2) is 279 Å². The third kappa shape index (κ3) is 7.72. The number of para-hydroxylation sites is 8. The number of nitrogens with zero attached hydrogens (tertiary/aromatic N) is 6. The van der Waals surface area contributed by atoms with Gasteiger partial charge >= 0.3 is 0 Å². The standard InChI is InChI=1S/C80H64N6/c1-79(2)67-49-61(47-48-62(67)65-50-69-66(51-68(65)79)76-64-34-20-19-33-63(64)75(52-70(76)80(69,3)4)84(55-25-11-7-12-26-55)56-27-13-8-14-28-56)83(59-43-39-53(40-44-59)77-81(5)71-35-21-23-37-73(71)85(77)57-29-15-9-16-30-57)60-45-41-54(42-46-60)78-82(6)72-36-22-24-38-74(72)86(78)58-31-17-10-18-32-58/h7-52H,1-6H3/q+2. The third-order valence-corrected chi connectivity index (χ3v) is 18.8. The van der Waals surface area contributed by atoms with E-state index >= 15 is 0 Å². The van der Waals surface area contributed by atoms with Crippen LogP contribution in [-0.2, 0) is 24.9 Å². The summed E-state index contributed by atoms with van der Waals surface area (Å²) in [5.41, 5.74) is 26.0. The molecule has 412 valence electrons. The van der Waals surface area contributed by atoms with Crippen LogP contribution in [0.3, 0.4) is 0 Å². The Morgan fingerprint density at radius 2 is 0.709 bits per heavy atom. The van der Waals surface area contributed by atoms with Crippen LogP contribution >= 0.6 is 0 Å². The highest BCUT2D eigenvalue weighted by Gasteiger charge is 2.43. The molecule has 6 heteroatoms. The molecular formula is C80H64N6+2. The van der Waals surface area contributed by atoms with Gasteiger partial charge in [-0.15, -0.1) is 0 Å². The Hall–Kier alpha value is -10.6. The SMILES string of the molecule is C[n+]1c(-c2ccc(N(c3ccc(-c4n(-c5ccccc5)c5ccccc5[n+]4C)cc3)c3ccc4c(c3)C(C)(C)c3cc5c(cc3-4)C(C)(C)c3cc(N(c4ccccc4)c4ccccc4)c4ccccc4c3-5)cc2)n(-c2ccccc2)c2ccccc21. The fourth-order valence-electron chi connectivity index (χ4n) is 14.6. The summed E-state index contributed by atoms with van der Waals surface area (Å²) in [4.78, 5) is 4.88. The lowest BCUT2D eigenvalue weighted by Gasteiger charge is -2.29. The molecule has 0 unspecified atom stereocenters. The van der Waals surface area contributed by atoms with E-state index in [1.807, 2.05) is 0 Å². The summed E-state index contributed by atoms with van der Waals surface area (Å²) in [7, 11) is 4.36. The van der Waals surface area contributed by atoms with Crippen LogP contribution in [0.2, 0.25) is 0 Å². The second-order valence-electron chi connectivity index (χ2n) is 24.3. The highest BCUT2D eigenvalue weighted by Crippen LogP contribution is 2.59. The van der Waals surface area contributed by atoms with Crippen LogP contribution in [-0.4, -0.2) is 9.13 Å². The summed E-state index contributed by atoms with van der Waals surface area (Å²) < 4.78 is 9.42. The van der Waals surface area contributed by atoms with E-state index in [-0.39, 0.29) is 10.8 Å². The van der Waals surface area contributed by atoms with E-state index in [1.54, 1.807) is 0 Å². The quantitative estimate of drug-likeness (QED) is 0.127. The minimum atomic E-state index is -0.311. The number of aromatic nitrogens is 4. The van der Waals surface area contributed by atoms with Gasteiger partial charge in [-0.1, -0.05) is 155 Å². The molecule has 0 saturated carbocycles.